The van der Waals surface area contributed by atoms with Crippen LogP contribution in [0.2, 0.25) is 0 Å². The third-order valence-electron chi connectivity index (χ3n) is 0.805. The summed E-state index contributed by atoms with van der Waals surface area (Å²) in [6.45, 7) is 0. The van der Waals surface area contributed by atoms with Gasteiger partial charge < -0.3 is 20.4 Å². The Hall–Kier alpha value is -0.101. The molecular weight excluding hydrogens is 271 g/mol. The largest absolute Gasteiger partial charge is 0.479 e. The number of carbonyl (C=O) groups is 2. The van der Waals surface area contributed by atoms with E-state index in [4.69, 9.17) is 20.4 Å². The van der Waals surface area contributed by atoms with Crippen molar-refractivity contribution in [1.82, 2.24) is 0 Å². The summed E-state index contributed by atoms with van der Waals surface area (Å²) in [6.07, 6.45) is -4.53. The van der Waals surface area contributed by atoms with E-state index in [1.54, 1.807) is 0 Å². The molecule has 2 radical (unpaired) electrons. The molecule has 6 nitrogen and oxygen atoms in total. The molecule has 0 heterocycles. The second-order valence-electron chi connectivity index (χ2n) is 1.57. The third kappa shape index (κ3) is 5.54. The van der Waals surface area contributed by atoms with Gasteiger partial charge in [-0.05, 0) is 0 Å². The van der Waals surface area contributed by atoms with Gasteiger partial charge in [0.05, 0.1) is 0 Å². The van der Waals surface area contributed by atoms with Crippen LogP contribution in [0.5, 0.6) is 0 Å². The number of aliphatic hydroxyl groups excluding tert-OH is 2. The number of hydrogen-bond acceptors (Lipinski definition) is 4. The Bertz CT molecular complexity index is 142. The maximum atomic E-state index is 9.77. The van der Waals surface area contributed by atoms with Crippen molar-refractivity contribution in [3.63, 3.8) is 0 Å². The van der Waals surface area contributed by atoms with E-state index in [2.05, 4.69) is 0 Å². The number of hydrogen-bond donors (Lipinski definition) is 4. The molecule has 0 spiro atoms. The molecule has 4 N–H and O–H groups in total. The summed E-state index contributed by atoms with van der Waals surface area (Å²) in [5.41, 5.74) is 0. The molecule has 80 valence electrons. The predicted octanol–water partition coefficient (Wildman–Crippen LogP) is -2.13. The summed E-state index contributed by atoms with van der Waals surface area (Å²) < 4.78 is 0. The summed E-state index contributed by atoms with van der Waals surface area (Å²) in [7, 11) is 0. The van der Waals surface area contributed by atoms with Gasteiger partial charge in [0.15, 0.2) is 12.2 Å². The van der Waals surface area contributed by atoms with Crippen LogP contribution in [-0.4, -0.2) is 44.6 Å². The van der Waals surface area contributed by atoms with Crippen molar-refractivity contribution in [2.45, 2.75) is 12.2 Å². The van der Waals surface area contributed by atoms with Gasteiger partial charge >= 0.3 is 11.9 Å². The Morgan fingerprint density at radius 1 is 0.833 bits per heavy atom. The molecule has 0 aromatic heterocycles. The van der Waals surface area contributed by atoms with Crippen LogP contribution in [-0.2, 0) is 43.7 Å². The summed E-state index contributed by atoms with van der Waals surface area (Å²) in [5, 5.41) is 32.5. The van der Waals surface area contributed by atoms with Crippen molar-refractivity contribution in [3.05, 3.63) is 0 Å². The number of rotatable bonds is 3. The molecule has 0 amide bonds. The number of carboxylic acid groups (broad SMARTS) is 2. The fraction of sp³-hybridized carbons (Fsp3) is 0.500. The number of aliphatic carboxylic acids is 2. The van der Waals surface area contributed by atoms with Crippen LogP contribution in [0.3, 0.4) is 0 Å². The Kier molecular flexibility index (Phi) is 11.2. The van der Waals surface area contributed by atoms with Crippen molar-refractivity contribution < 1.29 is 64.2 Å². The van der Waals surface area contributed by atoms with E-state index in [-0.39, 0.29) is 34.1 Å². The maximum Gasteiger partial charge on any atom is 0.335 e. The molecule has 0 bridgehead atoms. The molecule has 0 aliphatic rings. The second kappa shape index (κ2) is 7.54. The molecule has 0 rings (SSSR count). The molecule has 0 aliphatic heterocycles. The minimum absolute atomic E-state index is 0. The average Bonchev–Trinajstić information content (AvgIpc) is 1.84. The predicted molar refractivity (Wildman–Crippen MR) is 27.3 cm³/mol. The van der Waals surface area contributed by atoms with Crippen molar-refractivity contribution in [3.8, 4) is 0 Å². The minimum atomic E-state index is -2.27. The minimum Gasteiger partial charge on any atom is -0.479 e. The molecule has 0 aliphatic carbocycles. The fourth-order valence-electron chi connectivity index (χ4n) is 0.270. The van der Waals surface area contributed by atoms with Crippen LogP contribution in [0.1, 0.15) is 0 Å². The molecular formula is C4H6Cu2O6. The topological polar surface area (TPSA) is 115 Å². The van der Waals surface area contributed by atoms with Crippen molar-refractivity contribution in [2.24, 2.45) is 0 Å². The second-order valence-corrected chi connectivity index (χ2v) is 1.57. The Morgan fingerprint density at radius 2 is 1.00 bits per heavy atom. The Balaban J connectivity index is -0.000000405. The average molecular weight is 277 g/mol. The van der Waals surface area contributed by atoms with E-state index in [0.717, 1.165) is 0 Å². The van der Waals surface area contributed by atoms with Crippen molar-refractivity contribution >= 4 is 11.9 Å². The van der Waals surface area contributed by atoms with Crippen LogP contribution in [0.25, 0.3) is 0 Å². The maximum absolute atomic E-state index is 9.77. The van der Waals surface area contributed by atoms with Crippen LogP contribution < -0.4 is 0 Å². The van der Waals surface area contributed by atoms with E-state index < -0.39 is 24.1 Å². The zero-order valence-electron chi connectivity index (χ0n) is 5.36. The molecule has 0 aromatic rings. The smallest absolute Gasteiger partial charge is 0.335 e. The van der Waals surface area contributed by atoms with Gasteiger partial charge in [-0.3, -0.25) is 0 Å². The first-order chi connectivity index (χ1) is 4.46. The molecule has 2 unspecified atom stereocenters. The van der Waals surface area contributed by atoms with E-state index >= 15 is 0 Å². The van der Waals surface area contributed by atoms with Gasteiger partial charge in [0.25, 0.3) is 0 Å². The summed E-state index contributed by atoms with van der Waals surface area (Å²) in [6, 6.07) is 0. The normalized spacial score (nSPS) is 13.2. The zero-order valence-corrected chi connectivity index (χ0v) is 7.25. The van der Waals surface area contributed by atoms with Gasteiger partial charge in [-0.15, -0.1) is 0 Å². The third-order valence-corrected chi connectivity index (χ3v) is 0.805. The van der Waals surface area contributed by atoms with E-state index in [9.17, 15) is 9.59 Å². The van der Waals surface area contributed by atoms with Crippen LogP contribution in [0.15, 0.2) is 0 Å². The molecule has 2 atom stereocenters. The van der Waals surface area contributed by atoms with Crippen molar-refractivity contribution in [1.29, 1.82) is 0 Å². The quantitative estimate of drug-likeness (QED) is 0.438. The van der Waals surface area contributed by atoms with Crippen molar-refractivity contribution in [2.75, 3.05) is 0 Å². The van der Waals surface area contributed by atoms with E-state index in [1.807, 2.05) is 0 Å². The fourth-order valence-corrected chi connectivity index (χ4v) is 0.270. The molecule has 0 saturated heterocycles. The summed E-state index contributed by atoms with van der Waals surface area (Å²) in [4.78, 5) is 19.5. The Labute approximate surface area is 88.5 Å². The molecule has 12 heavy (non-hydrogen) atoms. The first-order valence-corrected chi connectivity index (χ1v) is 2.28. The summed E-state index contributed by atoms with van der Waals surface area (Å²) in [5.74, 6) is -3.54. The van der Waals surface area contributed by atoms with Gasteiger partial charge in [0.2, 0.25) is 0 Å². The van der Waals surface area contributed by atoms with Crippen LogP contribution in [0.4, 0.5) is 0 Å². The SMILES string of the molecule is O=C(O)C(O)C(O)C(=O)O.[Cu].[Cu]. The monoisotopic (exact) mass is 276 g/mol. The van der Waals surface area contributed by atoms with E-state index in [1.165, 1.54) is 0 Å². The molecule has 0 fully saturated rings. The summed E-state index contributed by atoms with van der Waals surface area (Å²) >= 11 is 0. The number of carboxylic acids is 2. The zero-order chi connectivity index (χ0) is 8.31. The Morgan fingerprint density at radius 3 is 1.08 bits per heavy atom. The van der Waals surface area contributed by atoms with Gasteiger partial charge in [-0.25, -0.2) is 9.59 Å². The standard InChI is InChI=1S/C4H6O6.2Cu/c5-1(3(7)8)2(6)4(9)10;;/h1-2,5-6H,(H,7,8)(H,9,10);;. The van der Waals surface area contributed by atoms with Gasteiger partial charge in [0.1, 0.15) is 0 Å². The first-order valence-electron chi connectivity index (χ1n) is 2.28. The van der Waals surface area contributed by atoms with Crippen LogP contribution >= 0.6 is 0 Å². The van der Waals surface area contributed by atoms with E-state index in [0.29, 0.717) is 0 Å². The molecule has 0 saturated carbocycles. The first kappa shape index (κ1) is 17.8. The molecule has 0 aromatic carbocycles. The van der Waals surface area contributed by atoms with Gasteiger partial charge in [-0.1, -0.05) is 0 Å². The molecule has 8 heteroatoms. The van der Waals surface area contributed by atoms with Crippen LogP contribution in [0, 0.1) is 0 Å². The number of aliphatic hydroxyl groups is 2. The van der Waals surface area contributed by atoms with Gasteiger partial charge in [-0.2, -0.15) is 0 Å². The van der Waals surface area contributed by atoms with Gasteiger partial charge in [0, 0.05) is 34.1 Å².